The molecule has 0 aliphatic carbocycles. The molecule has 1 unspecified atom stereocenters. The van der Waals surface area contributed by atoms with Crippen molar-refractivity contribution in [2.45, 2.75) is 55.8 Å². The standard InChI is InChI=1S/C37H41N7O7S/c38-35-34(37(48)42-27-8-4-3-5-9-27)43-31(24-40-35)26-13-17-29(18-14-26)52(49,50)41-21-7-2-1-6-10-32(45)39-22-23-51-28-15-11-25(12-16-28)30-19-20-33(46)44-36(30)47/h3-5,8-9,11-18,24,30,41H,1-2,6-7,10,19-23H2,(H2,38,40)(H,39,45)(H,42,48)(H,44,46,47). The largest absolute Gasteiger partial charge is 0.492 e. The molecule has 0 saturated carbocycles. The highest BCUT2D eigenvalue weighted by molar-refractivity contribution is 7.89. The molecular formula is C37H41N7O7S. The van der Waals surface area contributed by atoms with Gasteiger partial charge in [0.2, 0.25) is 27.7 Å². The number of ether oxygens (including phenoxy) is 1. The van der Waals surface area contributed by atoms with Gasteiger partial charge in [-0.15, -0.1) is 0 Å². The lowest BCUT2D eigenvalue weighted by Gasteiger charge is -2.21. The van der Waals surface area contributed by atoms with Crippen molar-refractivity contribution in [2.75, 3.05) is 30.7 Å². The number of imide groups is 1. The maximum Gasteiger partial charge on any atom is 0.278 e. The van der Waals surface area contributed by atoms with Crippen LogP contribution in [0.5, 0.6) is 5.75 Å². The molecule has 1 saturated heterocycles. The lowest BCUT2D eigenvalue weighted by Crippen LogP contribution is -2.39. The maximum absolute atomic E-state index is 12.8. The van der Waals surface area contributed by atoms with Crippen LogP contribution in [0.1, 0.15) is 66.9 Å². The molecule has 5 rings (SSSR count). The Morgan fingerprint density at radius 3 is 2.37 bits per heavy atom. The number of nitrogens with two attached hydrogens (primary N) is 1. The predicted octanol–water partition coefficient (Wildman–Crippen LogP) is 3.92. The molecule has 6 N–H and O–H groups in total. The van der Waals surface area contributed by atoms with E-state index in [1.54, 1.807) is 48.5 Å². The van der Waals surface area contributed by atoms with Crippen LogP contribution in [0.4, 0.5) is 11.5 Å². The summed E-state index contributed by atoms with van der Waals surface area (Å²) < 4.78 is 34.0. The summed E-state index contributed by atoms with van der Waals surface area (Å²) in [7, 11) is -3.75. The quantitative estimate of drug-likeness (QED) is 0.0781. The third-order valence-corrected chi connectivity index (χ3v) is 9.82. The number of nitrogen functional groups attached to an aromatic ring is 1. The summed E-state index contributed by atoms with van der Waals surface area (Å²) in [6.45, 7) is 0.888. The Balaban J connectivity index is 0.953. The molecule has 1 aliphatic rings. The van der Waals surface area contributed by atoms with Crippen molar-refractivity contribution in [1.29, 1.82) is 0 Å². The minimum absolute atomic E-state index is 0.0276. The zero-order valence-electron chi connectivity index (χ0n) is 28.5. The highest BCUT2D eigenvalue weighted by Crippen LogP contribution is 2.26. The van der Waals surface area contributed by atoms with E-state index < -0.39 is 15.9 Å². The Bertz CT molecular complexity index is 1970. The molecule has 0 bridgehead atoms. The Morgan fingerprint density at radius 2 is 1.63 bits per heavy atom. The monoisotopic (exact) mass is 727 g/mol. The molecular weight excluding hydrogens is 687 g/mol. The number of sulfonamides is 1. The van der Waals surface area contributed by atoms with Crippen LogP contribution >= 0.6 is 0 Å². The lowest BCUT2D eigenvalue weighted by atomic mass is 9.90. The van der Waals surface area contributed by atoms with Crippen LogP contribution in [0.15, 0.2) is 90.0 Å². The average Bonchev–Trinajstić information content (AvgIpc) is 3.14. The molecule has 14 nitrogen and oxygen atoms in total. The van der Waals surface area contributed by atoms with Crippen molar-refractivity contribution < 1.29 is 32.3 Å². The smallest absolute Gasteiger partial charge is 0.278 e. The van der Waals surface area contributed by atoms with Gasteiger partial charge in [0.25, 0.3) is 5.91 Å². The number of amides is 4. The van der Waals surface area contributed by atoms with Gasteiger partial charge in [0, 0.05) is 30.6 Å². The third kappa shape index (κ3) is 10.7. The van der Waals surface area contributed by atoms with Crippen molar-refractivity contribution in [2.24, 2.45) is 0 Å². The molecule has 1 aromatic heterocycles. The van der Waals surface area contributed by atoms with Gasteiger partial charge in [-0.3, -0.25) is 24.5 Å². The molecule has 15 heteroatoms. The Kier molecular flexibility index (Phi) is 13.0. The molecule has 272 valence electrons. The Labute approximate surface area is 302 Å². The van der Waals surface area contributed by atoms with Crippen LogP contribution in [-0.2, 0) is 24.4 Å². The van der Waals surface area contributed by atoms with E-state index >= 15 is 0 Å². The van der Waals surface area contributed by atoms with Gasteiger partial charge >= 0.3 is 0 Å². The van der Waals surface area contributed by atoms with Gasteiger partial charge in [-0.05, 0) is 61.2 Å². The molecule has 1 atom stereocenters. The normalized spacial score (nSPS) is 14.3. The van der Waals surface area contributed by atoms with Crippen molar-refractivity contribution in [3.8, 4) is 17.0 Å². The second-order valence-corrected chi connectivity index (χ2v) is 13.9. The van der Waals surface area contributed by atoms with E-state index in [0.29, 0.717) is 61.3 Å². The fourth-order valence-electron chi connectivity index (χ4n) is 5.53. The Hall–Kier alpha value is -5.67. The van der Waals surface area contributed by atoms with Crippen LogP contribution in [0.25, 0.3) is 11.3 Å². The number of rotatable bonds is 17. The van der Waals surface area contributed by atoms with Crippen molar-refractivity contribution >= 4 is 45.2 Å². The van der Waals surface area contributed by atoms with Gasteiger partial charge in [-0.2, -0.15) is 0 Å². The first-order valence-electron chi connectivity index (χ1n) is 17.0. The number of anilines is 2. The number of carbonyl (C=O) groups excluding carboxylic acids is 4. The van der Waals surface area contributed by atoms with E-state index in [-0.39, 0.29) is 53.2 Å². The van der Waals surface area contributed by atoms with E-state index in [4.69, 9.17) is 10.5 Å². The van der Waals surface area contributed by atoms with Gasteiger partial charge in [0.15, 0.2) is 11.5 Å². The molecule has 2 heterocycles. The summed E-state index contributed by atoms with van der Waals surface area (Å²) >= 11 is 0. The number of hydrogen-bond acceptors (Lipinski definition) is 10. The second kappa shape index (κ2) is 18.0. The zero-order chi connectivity index (χ0) is 36.9. The van der Waals surface area contributed by atoms with Crippen LogP contribution in [0, 0.1) is 0 Å². The molecule has 4 aromatic rings. The van der Waals surface area contributed by atoms with Crippen molar-refractivity contribution in [1.82, 2.24) is 25.3 Å². The minimum Gasteiger partial charge on any atom is -0.492 e. The second-order valence-electron chi connectivity index (χ2n) is 12.2. The number of nitrogens with one attached hydrogen (secondary N) is 4. The first-order chi connectivity index (χ1) is 25.1. The van der Waals surface area contributed by atoms with E-state index in [9.17, 15) is 27.6 Å². The van der Waals surface area contributed by atoms with E-state index in [1.807, 2.05) is 18.2 Å². The summed E-state index contributed by atoms with van der Waals surface area (Å²) in [6.07, 6.45) is 5.39. The molecule has 3 aromatic carbocycles. The summed E-state index contributed by atoms with van der Waals surface area (Å²) in [5.41, 5.74) is 8.20. The average molecular weight is 728 g/mol. The first kappa shape index (κ1) is 37.6. The third-order valence-electron chi connectivity index (χ3n) is 8.35. The maximum atomic E-state index is 12.8. The summed E-state index contributed by atoms with van der Waals surface area (Å²) in [5.74, 6) is -0.892. The van der Waals surface area contributed by atoms with Gasteiger partial charge in [-0.25, -0.2) is 23.1 Å². The number of unbranched alkanes of at least 4 members (excludes halogenated alkanes) is 3. The van der Waals surface area contributed by atoms with Crippen LogP contribution in [-0.4, -0.2) is 61.7 Å². The number of hydrogen-bond donors (Lipinski definition) is 5. The summed E-state index contributed by atoms with van der Waals surface area (Å²) in [4.78, 5) is 56.9. The van der Waals surface area contributed by atoms with Gasteiger partial charge in [0.05, 0.1) is 29.2 Å². The molecule has 0 spiro atoms. The summed E-state index contributed by atoms with van der Waals surface area (Å²) in [5, 5.41) is 7.91. The SMILES string of the molecule is Nc1ncc(-c2ccc(S(=O)(=O)NCCCCCCC(=O)NCCOc3ccc(C4CCC(=O)NC4=O)cc3)cc2)nc1C(=O)Nc1ccccc1. The van der Waals surface area contributed by atoms with E-state index in [0.717, 1.165) is 18.4 Å². The number of benzene rings is 3. The topological polar surface area (TPSA) is 212 Å². The number of nitrogens with zero attached hydrogens (tertiary/aromatic N) is 2. The molecule has 1 aliphatic heterocycles. The lowest BCUT2D eigenvalue weighted by molar-refractivity contribution is -0.134. The highest BCUT2D eigenvalue weighted by atomic mass is 32.2. The molecule has 0 radical (unpaired) electrons. The number of carbonyl (C=O) groups is 4. The fourth-order valence-corrected chi connectivity index (χ4v) is 6.61. The number of para-hydroxylation sites is 1. The van der Waals surface area contributed by atoms with Gasteiger partial charge < -0.3 is 21.1 Å². The number of piperidine rings is 1. The highest BCUT2D eigenvalue weighted by Gasteiger charge is 2.27. The minimum atomic E-state index is -3.75. The van der Waals surface area contributed by atoms with Crippen LogP contribution in [0.2, 0.25) is 0 Å². The molecule has 52 heavy (non-hydrogen) atoms. The van der Waals surface area contributed by atoms with Gasteiger partial charge in [-0.1, -0.05) is 55.3 Å². The molecule has 4 amide bonds. The van der Waals surface area contributed by atoms with Gasteiger partial charge in [0.1, 0.15) is 12.4 Å². The zero-order valence-corrected chi connectivity index (χ0v) is 29.3. The Morgan fingerprint density at radius 1 is 0.904 bits per heavy atom. The van der Waals surface area contributed by atoms with E-state index in [2.05, 4.69) is 30.6 Å². The van der Waals surface area contributed by atoms with Crippen LogP contribution in [0.3, 0.4) is 0 Å². The first-order valence-corrected chi connectivity index (χ1v) is 18.5. The molecule has 1 fully saturated rings. The van der Waals surface area contributed by atoms with E-state index in [1.165, 1.54) is 18.3 Å². The fraction of sp³-hybridized carbons (Fsp3) is 0.297. The summed E-state index contributed by atoms with van der Waals surface area (Å²) in [6, 6.07) is 22.1. The van der Waals surface area contributed by atoms with Crippen molar-refractivity contribution in [3.05, 3.63) is 96.3 Å². The number of aromatic nitrogens is 2. The van der Waals surface area contributed by atoms with Crippen molar-refractivity contribution in [3.63, 3.8) is 0 Å². The predicted molar refractivity (Wildman–Crippen MR) is 195 cm³/mol. The van der Waals surface area contributed by atoms with Crippen LogP contribution < -0.4 is 31.1 Å².